The van der Waals surface area contributed by atoms with Crippen molar-refractivity contribution in [1.82, 2.24) is 0 Å². The summed E-state index contributed by atoms with van der Waals surface area (Å²) in [6, 6.07) is 0. The molecule has 0 rings (SSSR count). The smallest absolute Gasteiger partial charge is 0.0581 e. The van der Waals surface area contributed by atoms with E-state index in [1.54, 1.807) is 0 Å². The molecular formula is C2H6PS2. The van der Waals surface area contributed by atoms with Crippen LogP contribution in [0.3, 0.4) is 0 Å². The molecular weight excluding hydrogens is 119 g/mol. The lowest BCUT2D eigenvalue weighted by atomic mass is 12.0. The van der Waals surface area contributed by atoms with E-state index in [9.17, 15) is 0 Å². The molecule has 0 aliphatic heterocycles. The molecule has 0 nitrogen and oxygen atoms in total. The van der Waals surface area contributed by atoms with E-state index in [0.717, 1.165) is 0 Å². The van der Waals surface area contributed by atoms with Crippen molar-refractivity contribution < 1.29 is 0 Å². The molecule has 0 aliphatic rings. The molecule has 5 heavy (non-hydrogen) atoms. The maximum absolute atomic E-state index is 2.10. The zero-order valence-corrected chi connectivity index (χ0v) is 5.79. The molecule has 0 heterocycles. The third kappa shape index (κ3) is 5.13. The lowest BCUT2D eigenvalue weighted by Gasteiger charge is -1.78. The van der Waals surface area contributed by atoms with Gasteiger partial charge in [0.05, 0.1) is 6.98 Å². The summed E-state index contributed by atoms with van der Waals surface area (Å²) in [5, 5.41) is 0. The fourth-order valence-corrected chi connectivity index (χ4v) is 2.01. The highest BCUT2D eigenvalue weighted by Crippen LogP contribution is 2.37. The molecule has 0 fully saturated rings. The number of hydrogen-bond donors (Lipinski definition) is 0. The largest absolute Gasteiger partial charge is 0.120 e. The van der Waals surface area contributed by atoms with Crippen LogP contribution in [0.15, 0.2) is 0 Å². The van der Waals surface area contributed by atoms with Crippen molar-refractivity contribution >= 4 is 29.7 Å². The van der Waals surface area contributed by atoms with Crippen molar-refractivity contribution in [2.75, 3.05) is 12.5 Å². The van der Waals surface area contributed by atoms with E-state index in [4.69, 9.17) is 0 Å². The Morgan fingerprint density at radius 3 is 1.60 bits per heavy atom. The van der Waals surface area contributed by atoms with E-state index < -0.39 is 0 Å². The van der Waals surface area contributed by atoms with Gasteiger partial charge in [0, 0.05) is 0 Å². The minimum absolute atomic E-state index is 1.41. The quantitative estimate of drug-likeness (QED) is 0.520. The van der Waals surface area contributed by atoms with Gasteiger partial charge in [0.25, 0.3) is 0 Å². The Kier molecular flexibility index (Phi) is 6.29. The van der Waals surface area contributed by atoms with Gasteiger partial charge in [-0.3, -0.25) is 0 Å². The van der Waals surface area contributed by atoms with E-state index >= 15 is 0 Å². The van der Waals surface area contributed by atoms with Gasteiger partial charge in [-0.05, 0) is 12.5 Å². The van der Waals surface area contributed by atoms with Crippen molar-refractivity contribution in [3.05, 3.63) is 0 Å². The zero-order valence-electron chi connectivity index (χ0n) is 3.26. The Labute approximate surface area is 42.8 Å². The average Bonchev–Trinajstić information content (AvgIpc) is 1.41. The molecule has 0 saturated heterocycles. The highest BCUT2D eigenvalue weighted by molar-refractivity contribution is 8.81. The monoisotopic (exact) mass is 125 g/mol. The Bertz CT molecular complexity index is 15.1. The summed E-state index contributed by atoms with van der Waals surface area (Å²) >= 11 is 3.67. The van der Waals surface area contributed by atoms with Crippen LogP contribution in [0.2, 0.25) is 0 Å². The second-order valence-corrected chi connectivity index (χ2v) is 5.30. The molecule has 0 amide bonds. The van der Waals surface area contributed by atoms with E-state index in [1.165, 1.54) is 6.98 Å². The van der Waals surface area contributed by atoms with E-state index in [1.807, 2.05) is 22.8 Å². The Morgan fingerprint density at radius 1 is 1.20 bits per heavy atom. The lowest BCUT2D eigenvalue weighted by molar-refractivity contribution is 2.54. The molecule has 0 N–H and O–H groups in total. The lowest BCUT2D eigenvalue weighted by Crippen LogP contribution is -1.25. The predicted octanol–water partition coefficient (Wildman–Crippen LogP) is 2.49. The van der Waals surface area contributed by atoms with Crippen LogP contribution in [-0.4, -0.2) is 12.5 Å². The molecule has 0 saturated carbocycles. The Morgan fingerprint density at radius 2 is 1.60 bits per heavy atom. The first-order valence-electron chi connectivity index (χ1n) is 1.18. The second kappa shape index (κ2) is 5.13. The summed E-state index contributed by atoms with van der Waals surface area (Å²) in [7, 11) is 0. The SMILES string of the molecule is CS[P]SC. The van der Waals surface area contributed by atoms with Crippen LogP contribution < -0.4 is 0 Å². The van der Waals surface area contributed by atoms with E-state index in [0.29, 0.717) is 0 Å². The molecule has 0 atom stereocenters. The Balaban J connectivity index is 2.19. The number of rotatable bonds is 2. The van der Waals surface area contributed by atoms with Crippen molar-refractivity contribution in [3.63, 3.8) is 0 Å². The molecule has 0 aromatic carbocycles. The highest BCUT2D eigenvalue weighted by Gasteiger charge is 1.69. The first-order valence-corrected chi connectivity index (χ1v) is 5.74. The summed E-state index contributed by atoms with van der Waals surface area (Å²) in [6.45, 7) is 1.41. The van der Waals surface area contributed by atoms with E-state index in [-0.39, 0.29) is 0 Å². The molecule has 0 aromatic heterocycles. The van der Waals surface area contributed by atoms with Gasteiger partial charge in [-0.1, -0.05) is 0 Å². The molecule has 0 aliphatic carbocycles. The minimum atomic E-state index is 1.41. The van der Waals surface area contributed by atoms with E-state index in [2.05, 4.69) is 12.5 Å². The summed E-state index contributed by atoms with van der Waals surface area (Å²) in [6.07, 6.45) is 4.19. The fourth-order valence-electron chi connectivity index (χ4n) is 0.0745. The highest BCUT2D eigenvalue weighted by atomic mass is 33.1. The normalized spacial score (nSPS) is 8.40. The molecule has 3 heteroatoms. The fraction of sp³-hybridized carbons (Fsp3) is 1.00. The number of hydrogen-bond acceptors (Lipinski definition) is 2. The molecule has 0 aromatic rings. The van der Waals surface area contributed by atoms with Gasteiger partial charge in [-0.25, -0.2) is 0 Å². The standard InChI is InChI=1S/C2H6PS2/c1-4-3-5-2/h1-2H3. The van der Waals surface area contributed by atoms with Crippen LogP contribution >= 0.6 is 29.7 Å². The maximum Gasteiger partial charge on any atom is 0.0581 e. The summed E-state index contributed by atoms with van der Waals surface area (Å²) in [5.74, 6) is 0. The van der Waals surface area contributed by atoms with Crippen molar-refractivity contribution in [2.24, 2.45) is 0 Å². The van der Waals surface area contributed by atoms with Crippen molar-refractivity contribution in [2.45, 2.75) is 0 Å². The van der Waals surface area contributed by atoms with Gasteiger partial charge in [-0.2, -0.15) is 0 Å². The summed E-state index contributed by atoms with van der Waals surface area (Å²) < 4.78 is 0. The van der Waals surface area contributed by atoms with Gasteiger partial charge in [0.15, 0.2) is 0 Å². The first-order chi connectivity index (χ1) is 2.41. The summed E-state index contributed by atoms with van der Waals surface area (Å²) in [4.78, 5) is 0. The van der Waals surface area contributed by atoms with Crippen LogP contribution in [0, 0.1) is 0 Å². The van der Waals surface area contributed by atoms with Gasteiger partial charge < -0.3 is 0 Å². The van der Waals surface area contributed by atoms with Gasteiger partial charge in [0.1, 0.15) is 0 Å². The van der Waals surface area contributed by atoms with Crippen molar-refractivity contribution in [1.29, 1.82) is 0 Å². The first kappa shape index (κ1) is 6.13. The third-order valence-electron chi connectivity index (χ3n) is 0.149. The van der Waals surface area contributed by atoms with Crippen LogP contribution in [0.25, 0.3) is 0 Å². The second-order valence-electron chi connectivity index (χ2n) is 0.440. The van der Waals surface area contributed by atoms with Crippen LogP contribution in [0.4, 0.5) is 0 Å². The summed E-state index contributed by atoms with van der Waals surface area (Å²) in [5.41, 5.74) is 0. The minimum Gasteiger partial charge on any atom is -0.120 e. The van der Waals surface area contributed by atoms with Crippen LogP contribution in [0.5, 0.6) is 0 Å². The van der Waals surface area contributed by atoms with Gasteiger partial charge in [0.2, 0.25) is 0 Å². The molecule has 31 valence electrons. The third-order valence-corrected chi connectivity index (χ3v) is 4.02. The van der Waals surface area contributed by atoms with Gasteiger partial charge in [-0.15, -0.1) is 22.8 Å². The molecule has 0 bridgehead atoms. The molecule has 0 unspecified atom stereocenters. The van der Waals surface area contributed by atoms with Crippen molar-refractivity contribution in [3.8, 4) is 0 Å². The average molecular weight is 125 g/mol. The maximum atomic E-state index is 2.10. The zero-order chi connectivity index (χ0) is 4.12. The predicted molar refractivity (Wildman–Crippen MR) is 34.0 cm³/mol. The molecule has 1 radical (unpaired) electrons. The van der Waals surface area contributed by atoms with Crippen LogP contribution in [0.1, 0.15) is 0 Å². The Hall–Kier alpha value is 1.13. The van der Waals surface area contributed by atoms with Crippen LogP contribution in [-0.2, 0) is 0 Å². The topological polar surface area (TPSA) is 0 Å². The van der Waals surface area contributed by atoms with Gasteiger partial charge >= 0.3 is 0 Å². The molecule has 0 spiro atoms.